The first kappa shape index (κ1) is 9.94. The van der Waals surface area contributed by atoms with Crippen molar-refractivity contribution in [2.24, 2.45) is 0 Å². The second-order valence-electron chi connectivity index (χ2n) is 1.87. The molecule has 0 aromatic carbocycles. The Morgan fingerprint density at radius 1 is 1.30 bits per heavy atom. The van der Waals surface area contributed by atoms with Gasteiger partial charge in [-0.3, -0.25) is 4.79 Å². The van der Waals surface area contributed by atoms with Crippen molar-refractivity contribution in [1.29, 1.82) is 0 Å². The smallest absolute Gasteiger partial charge is 0.182 e. The highest BCUT2D eigenvalue weighted by Gasteiger charge is 1.95. The van der Waals surface area contributed by atoms with Gasteiger partial charge in [-0.05, 0) is 12.8 Å². The van der Waals surface area contributed by atoms with Gasteiger partial charge in [-0.2, -0.15) is 0 Å². The van der Waals surface area contributed by atoms with E-state index in [9.17, 15) is 4.79 Å². The zero-order valence-corrected chi connectivity index (χ0v) is 6.89. The second-order valence-corrected chi connectivity index (χ2v) is 2.50. The predicted octanol–water partition coefficient (Wildman–Crippen LogP) is 1.19. The summed E-state index contributed by atoms with van der Waals surface area (Å²) in [6.45, 7) is 2.95. The van der Waals surface area contributed by atoms with E-state index in [1.54, 1.807) is 0 Å². The number of carbonyl (C=O) groups is 1. The van der Waals surface area contributed by atoms with Gasteiger partial charge in [0.15, 0.2) is 5.12 Å². The van der Waals surface area contributed by atoms with Crippen molar-refractivity contribution in [2.75, 3.05) is 13.2 Å². The molecule has 4 heteroatoms. The maximum Gasteiger partial charge on any atom is 0.182 e. The van der Waals surface area contributed by atoms with Gasteiger partial charge in [-0.1, -0.05) is 0 Å². The van der Waals surface area contributed by atoms with Gasteiger partial charge in [0.1, 0.15) is 0 Å². The lowest BCUT2D eigenvalue weighted by molar-refractivity contribution is -0.312. The monoisotopic (exact) mass is 164 g/mol. The topological polar surface area (TPSA) is 35.5 Å². The minimum Gasteiger partial charge on any atom is -0.288 e. The molecule has 0 saturated carbocycles. The Morgan fingerprint density at radius 2 is 1.60 bits per heavy atom. The third-order valence-corrected chi connectivity index (χ3v) is 0.789. The highest BCUT2D eigenvalue weighted by molar-refractivity contribution is 7.96. The normalized spacial score (nSPS) is 17.0. The van der Waals surface area contributed by atoms with Gasteiger partial charge in [0.2, 0.25) is 0 Å². The largest absolute Gasteiger partial charge is 0.288 e. The van der Waals surface area contributed by atoms with Crippen LogP contribution < -0.4 is 0 Å². The molecule has 1 heterocycles. The molecule has 1 rings (SSSR count). The molecule has 1 aliphatic heterocycles. The van der Waals surface area contributed by atoms with Crippen molar-refractivity contribution in [3.8, 4) is 0 Å². The van der Waals surface area contributed by atoms with Crippen molar-refractivity contribution < 1.29 is 14.6 Å². The van der Waals surface area contributed by atoms with Crippen LogP contribution in [0.3, 0.4) is 0 Å². The first-order chi connectivity index (χ1) is 4.73. The summed E-state index contributed by atoms with van der Waals surface area (Å²) >= 11 is 3.33. The molecule has 0 radical (unpaired) electrons. The maximum atomic E-state index is 9.31. The van der Waals surface area contributed by atoms with Gasteiger partial charge < -0.3 is 0 Å². The van der Waals surface area contributed by atoms with E-state index in [0.717, 1.165) is 26.1 Å². The summed E-state index contributed by atoms with van der Waals surface area (Å²) in [5, 5.41) is -0.139. The van der Waals surface area contributed by atoms with Gasteiger partial charge in [0.25, 0.3) is 0 Å². The van der Waals surface area contributed by atoms with Crippen LogP contribution in [0.2, 0.25) is 0 Å². The minimum atomic E-state index is -0.139. The maximum absolute atomic E-state index is 9.31. The third-order valence-electron chi connectivity index (χ3n) is 0.789. The van der Waals surface area contributed by atoms with E-state index in [4.69, 9.17) is 0 Å². The Morgan fingerprint density at radius 3 is 1.70 bits per heavy atom. The standard InChI is InChI=1S/C4H8O2.C2H4OS/c1-2-4-6-5-3-1;1-2(3)4/h1-4H2;1H3,(H,3,4). The van der Waals surface area contributed by atoms with E-state index in [-0.39, 0.29) is 5.12 Å². The first-order valence-corrected chi connectivity index (χ1v) is 3.62. The van der Waals surface area contributed by atoms with Gasteiger partial charge in [0, 0.05) is 6.92 Å². The molecular weight excluding hydrogens is 152 g/mol. The van der Waals surface area contributed by atoms with Crippen LogP contribution in [-0.2, 0) is 14.6 Å². The Hall–Kier alpha value is -0.0600. The Kier molecular flexibility index (Phi) is 7.01. The fraction of sp³-hybridized carbons (Fsp3) is 0.833. The summed E-state index contributed by atoms with van der Waals surface area (Å²) < 4.78 is 0. The van der Waals surface area contributed by atoms with Crippen molar-refractivity contribution in [3.05, 3.63) is 0 Å². The second kappa shape index (κ2) is 7.05. The first-order valence-electron chi connectivity index (χ1n) is 3.17. The lowest BCUT2D eigenvalue weighted by Gasteiger charge is -2.07. The van der Waals surface area contributed by atoms with E-state index >= 15 is 0 Å². The number of hydrogen-bond donors (Lipinski definition) is 1. The molecule has 0 bridgehead atoms. The van der Waals surface area contributed by atoms with Crippen LogP contribution in [0.1, 0.15) is 19.8 Å². The van der Waals surface area contributed by atoms with Crippen LogP contribution in [-0.4, -0.2) is 18.3 Å². The molecule has 0 aromatic rings. The third kappa shape index (κ3) is 10.8. The van der Waals surface area contributed by atoms with Gasteiger partial charge in [-0.25, -0.2) is 9.78 Å². The van der Waals surface area contributed by atoms with Crippen LogP contribution in [0.4, 0.5) is 0 Å². The molecule has 60 valence electrons. The molecule has 0 spiro atoms. The number of thiol groups is 1. The fourth-order valence-electron chi connectivity index (χ4n) is 0.440. The van der Waals surface area contributed by atoms with Gasteiger partial charge >= 0.3 is 0 Å². The molecule has 0 amide bonds. The molecule has 0 aromatic heterocycles. The number of carbonyl (C=O) groups excluding carboxylic acids is 1. The zero-order chi connectivity index (χ0) is 7.82. The molecular formula is C6H12O3S. The highest BCUT2D eigenvalue weighted by Crippen LogP contribution is 1.97. The van der Waals surface area contributed by atoms with Crippen LogP contribution in [0.25, 0.3) is 0 Å². The van der Waals surface area contributed by atoms with Gasteiger partial charge in [-0.15, -0.1) is 12.6 Å². The molecule has 1 fully saturated rings. The Balaban J connectivity index is 0.000000180. The minimum absolute atomic E-state index is 0.139. The van der Waals surface area contributed by atoms with Crippen molar-refractivity contribution in [2.45, 2.75) is 19.8 Å². The number of hydrogen-bond acceptors (Lipinski definition) is 3. The van der Waals surface area contributed by atoms with Crippen LogP contribution in [0, 0.1) is 0 Å². The zero-order valence-electron chi connectivity index (χ0n) is 6.00. The lowest BCUT2D eigenvalue weighted by atomic mass is 10.3. The molecule has 0 N–H and O–H groups in total. The van der Waals surface area contributed by atoms with E-state index in [2.05, 4.69) is 22.4 Å². The fourth-order valence-corrected chi connectivity index (χ4v) is 0.440. The summed E-state index contributed by atoms with van der Waals surface area (Å²) in [5.41, 5.74) is 0. The molecule has 10 heavy (non-hydrogen) atoms. The van der Waals surface area contributed by atoms with Crippen molar-refractivity contribution >= 4 is 17.7 Å². The molecule has 3 nitrogen and oxygen atoms in total. The molecule has 0 atom stereocenters. The summed E-state index contributed by atoms with van der Waals surface area (Å²) in [4.78, 5) is 18.4. The molecule has 1 saturated heterocycles. The molecule has 1 aliphatic rings. The van der Waals surface area contributed by atoms with Crippen LogP contribution in [0.5, 0.6) is 0 Å². The number of rotatable bonds is 0. The molecule has 0 unspecified atom stereocenters. The van der Waals surface area contributed by atoms with E-state index < -0.39 is 0 Å². The highest BCUT2D eigenvalue weighted by atomic mass is 32.1. The predicted molar refractivity (Wildman–Crippen MR) is 40.8 cm³/mol. The van der Waals surface area contributed by atoms with Crippen molar-refractivity contribution in [3.63, 3.8) is 0 Å². The average molecular weight is 164 g/mol. The Bertz CT molecular complexity index is 75.5. The quantitative estimate of drug-likeness (QED) is 0.431. The SMILES string of the molecule is C1CCOOC1.CC(=O)S. The van der Waals surface area contributed by atoms with Crippen molar-refractivity contribution in [1.82, 2.24) is 0 Å². The van der Waals surface area contributed by atoms with Crippen LogP contribution >= 0.6 is 12.6 Å². The summed E-state index contributed by atoms with van der Waals surface area (Å²) in [6.07, 6.45) is 2.31. The van der Waals surface area contributed by atoms with E-state index in [1.807, 2.05) is 0 Å². The van der Waals surface area contributed by atoms with E-state index in [0.29, 0.717) is 0 Å². The van der Waals surface area contributed by atoms with Crippen LogP contribution in [0.15, 0.2) is 0 Å². The Labute approximate surface area is 66.0 Å². The molecule has 0 aliphatic carbocycles. The van der Waals surface area contributed by atoms with E-state index in [1.165, 1.54) is 6.92 Å². The lowest BCUT2D eigenvalue weighted by Crippen LogP contribution is -2.05. The van der Waals surface area contributed by atoms with Gasteiger partial charge in [0.05, 0.1) is 13.2 Å². The summed E-state index contributed by atoms with van der Waals surface area (Å²) in [6, 6.07) is 0. The summed E-state index contributed by atoms with van der Waals surface area (Å²) in [5.74, 6) is 0. The summed E-state index contributed by atoms with van der Waals surface area (Å²) in [7, 11) is 0. The average Bonchev–Trinajstić information content (AvgIpc) is 1.90.